The topological polar surface area (TPSA) is 38.9 Å². The fourth-order valence-corrected chi connectivity index (χ4v) is 3.14. The Morgan fingerprint density at radius 1 is 1.46 bits per heavy atom. The van der Waals surface area contributed by atoms with Crippen LogP contribution in [0.3, 0.4) is 0 Å². The molecule has 0 bridgehead atoms. The third kappa shape index (κ3) is 1.92. The molecule has 1 aromatic heterocycles. The van der Waals surface area contributed by atoms with Gasteiger partial charge in [-0.25, -0.2) is 4.98 Å². The molecule has 3 heteroatoms. The highest BCUT2D eigenvalue weighted by molar-refractivity contribution is 7.09. The van der Waals surface area contributed by atoms with Gasteiger partial charge in [0.05, 0.1) is 11.2 Å². The zero-order valence-electron chi connectivity index (χ0n) is 7.83. The summed E-state index contributed by atoms with van der Waals surface area (Å²) in [5.74, 6) is 0.800. The smallest absolute Gasteiger partial charge is 0.0797 e. The zero-order chi connectivity index (χ0) is 9.10. The van der Waals surface area contributed by atoms with E-state index in [0.717, 1.165) is 18.9 Å². The van der Waals surface area contributed by atoms with E-state index in [1.165, 1.54) is 36.3 Å². The van der Waals surface area contributed by atoms with Crippen LogP contribution in [0, 0.1) is 0 Å². The third-order valence-electron chi connectivity index (χ3n) is 2.78. The maximum Gasteiger partial charge on any atom is 0.0797 e. The average Bonchev–Trinajstić information content (AvgIpc) is 2.71. The van der Waals surface area contributed by atoms with Crippen molar-refractivity contribution in [1.29, 1.82) is 0 Å². The molecule has 0 unspecified atom stereocenters. The van der Waals surface area contributed by atoms with Crippen LogP contribution in [0.4, 0.5) is 0 Å². The Bertz CT molecular complexity index is 264. The van der Waals surface area contributed by atoms with Gasteiger partial charge in [0.25, 0.3) is 0 Å². The van der Waals surface area contributed by atoms with Crippen LogP contribution in [0.25, 0.3) is 0 Å². The Kier molecular flexibility index (Phi) is 2.96. The van der Waals surface area contributed by atoms with Crippen molar-refractivity contribution in [3.63, 3.8) is 0 Å². The minimum Gasteiger partial charge on any atom is -0.330 e. The lowest BCUT2D eigenvalue weighted by Crippen LogP contribution is -2.05. The lowest BCUT2D eigenvalue weighted by molar-refractivity contribution is 0.721. The van der Waals surface area contributed by atoms with Crippen molar-refractivity contribution in [3.05, 3.63) is 16.1 Å². The molecule has 13 heavy (non-hydrogen) atoms. The molecule has 0 radical (unpaired) electrons. The van der Waals surface area contributed by atoms with Crippen molar-refractivity contribution in [2.24, 2.45) is 5.73 Å². The van der Waals surface area contributed by atoms with Crippen LogP contribution in [-0.2, 0) is 6.42 Å². The van der Waals surface area contributed by atoms with Crippen molar-refractivity contribution >= 4 is 11.3 Å². The van der Waals surface area contributed by atoms with E-state index >= 15 is 0 Å². The van der Waals surface area contributed by atoms with Crippen LogP contribution in [0.1, 0.15) is 42.2 Å². The molecule has 1 aliphatic carbocycles. The Morgan fingerprint density at radius 3 is 2.92 bits per heavy atom. The quantitative estimate of drug-likeness (QED) is 0.805. The molecular weight excluding hydrogens is 180 g/mol. The number of rotatable bonds is 3. The molecular formula is C10H16N2S. The molecule has 0 aromatic carbocycles. The SMILES string of the molecule is NCCc1ncsc1C1CCCC1. The van der Waals surface area contributed by atoms with Crippen LogP contribution < -0.4 is 5.73 Å². The van der Waals surface area contributed by atoms with Crippen LogP contribution in [0.2, 0.25) is 0 Å². The number of hydrogen-bond acceptors (Lipinski definition) is 3. The Labute approximate surface area is 83.2 Å². The van der Waals surface area contributed by atoms with Gasteiger partial charge in [0.15, 0.2) is 0 Å². The molecule has 1 aliphatic rings. The van der Waals surface area contributed by atoms with Gasteiger partial charge in [0.1, 0.15) is 0 Å². The van der Waals surface area contributed by atoms with Crippen LogP contribution in [0.5, 0.6) is 0 Å². The number of thiazole rings is 1. The monoisotopic (exact) mass is 196 g/mol. The molecule has 0 aliphatic heterocycles. The molecule has 0 amide bonds. The number of aromatic nitrogens is 1. The Balaban J connectivity index is 2.13. The summed E-state index contributed by atoms with van der Waals surface area (Å²) in [6.07, 6.45) is 6.46. The van der Waals surface area contributed by atoms with Gasteiger partial charge in [0.2, 0.25) is 0 Å². The second-order valence-corrected chi connectivity index (χ2v) is 4.57. The van der Waals surface area contributed by atoms with Crippen LogP contribution >= 0.6 is 11.3 Å². The van der Waals surface area contributed by atoms with E-state index in [4.69, 9.17) is 5.73 Å². The minimum absolute atomic E-state index is 0.726. The molecule has 72 valence electrons. The summed E-state index contributed by atoms with van der Waals surface area (Å²) in [5, 5.41) is 0. The molecule has 0 atom stereocenters. The Morgan fingerprint density at radius 2 is 2.23 bits per heavy atom. The normalized spacial score (nSPS) is 18.2. The zero-order valence-corrected chi connectivity index (χ0v) is 8.65. The molecule has 2 rings (SSSR count). The molecule has 1 aromatic rings. The first-order chi connectivity index (χ1) is 6.42. The minimum atomic E-state index is 0.726. The van der Waals surface area contributed by atoms with Crippen molar-refractivity contribution in [3.8, 4) is 0 Å². The molecule has 2 N–H and O–H groups in total. The van der Waals surface area contributed by atoms with Gasteiger partial charge in [-0.1, -0.05) is 12.8 Å². The summed E-state index contributed by atoms with van der Waals surface area (Å²) in [5.41, 5.74) is 8.79. The summed E-state index contributed by atoms with van der Waals surface area (Å²) >= 11 is 1.82. The average molecular weight is 196 g/mol. The van der Waals surface area contributed by atoms with E-state index in [1.807, 2.05) is 16.8 Å². The molecule has 1 heterocycles. The van der Waals surface area contributed by atoms with Gasteiger partial charge in [-0.15, -0.1) is 11.3 Å². The predicted octanol–water partition coefficient (Wildman–Crippen LogP) is 2.30. The van der Waals surface area contributed by atoms with E-state index in [9.17, 15) is 0 Å². The highest BCUT2D eigenvalue weighted by Crippen LogP contribution is 2.37. The first kappa shape index (κ1) is 9.16. The van der Waals surface area contributed by atoms with E-state index in [-0.39, 0.29) is 0 Å². The lowest BCUT2D eigenvalue weighted by atomic mass is 10.0. The fourth-order valence-electron chi connectivity index (χ4n) is 2.12. The first-order valence-electron chi connectivity index (χ1n) is 5.04. The first-order valence-corrected chi connectivity index (χ1v) is 5.92. The third-order valence-corrected chi connectivity index (χ3v) is 3.81. The van der Waals surface area contributed by atoms with Crippen LogP contribution in [-0.4, -0.2) is 11.5 Å². The predicted molar refractivity (Wildman–Crippen MR) is 56.1 cm³/mol. The lowest BCUT2D eigenvalue weighted by Gasteiger charge is -2.07. The summed E-state index contributed by atoms with van der Waals surface area (Å²) in [4.78, 5) is 5.91. The maximum atomic E-state index is 5.55. The van der Waals surface area contributed by atoms with Gasteiger partial charge in [-0.3, -0.25) is 0 Å². The number of hydrogen-bond donors (Lipinski definition) is 1. The van der Waals surface area contributed by atoms with Crippen molar-refractivity contribution in [2.75, 3.05) is 6.54 Å². The highest BCUT2D eigenvalue weighted by Gasteiger charge is 2.21. The van der Waals surface area contributed by atoms with Gasteiger partial charge in [0, 0.05) is 11.3 Å². The Hall–Kier alpha value is -0.410. The number of nitrogens with zero attached hydrogens (tertiary/aromatic N) is 1. The summed E-state index contributed by atoms with van der Waals surface area (Å²) in [6.45, 7) is 0.726. The van der Waals surface area contributed by atoms with Gasteiger partial charge in [-0.2, -0.15) is 0 Å². The summed E-state index contributed by atoms with van der Waals surface area (Å²) in [7, 11) is 0. The van der Waals surface area contributed by atoms with E-state index in [2.05, 4.69) is 4.98 Å². The van der Waals surface area contributed by atoms with Gasteiger partial charge >= 0.3 is 0 Å². The van der Waals surface area contributed by atoms with Gasteiger partial charge < -0.3 is 5.73 Å². The van der Waals surface area contributed by atoms with Crippen molar-refractivity contribution in [2.45, 2.75) is 38.0 Å². The molecule has 1 saturated carbocycles. The van der Waals surface area contributed by atoms with E-state index < -0.39 is 0 Å². The van der Waals surface area contributed by atoms with E-state index in [0.29, 0.717) is 0 Å². The molecule has 2 nitrogen and oxygen atoms in total. The second kappa shape index (κ2) is 4.20. The van der Waals surface area contributed by atoms with Crippen molar-refractivity contribution in [1.82, 2.24) is 4.98 Å². The maximum absolute atomic E-state index is 5.55. The van der Waals surface area contributed by atoms with E-state index in [1.54, 1.807) is 0 Å². The van der Waals surface area contributed by atoms with Crippen LogP contribution in [0.15, 0.2) is 5.51 Å². The molecule has 0 saturated heterocycles. The van der Waals surface area contributed by atoms with Crippen molar-refractivity contribution < 1.29 is 0 Å². The van der Waals surface area contributed by atoms with Gasteiger partial charge in [-0.05, 0) is 25.3 Å². The summed E-state index contributed by atoms with van der Waals surface area (Å²) in [6, 6.07) is 0. The standard InChI is InChI=1S/C10H16N2S/c11-6-5-9-10(13-7-12-9)8-3-1-2-4-8/h7-8H,1-6,11H2. The highest BCUT2D eigenvalue weighted by atomic mass is 32.1. The summed E-state index contributed by atoms with van der Waals surface area (Å²) < 4.78 is 0. The molecule has 0 spiro atoms. The fraction of sp³-hybridized carbons (Fsp3) is 0.700. The largest absolute Gasteiger partial charge is 0.330 e. The number of nitrogens with two attached hydrogens (primary N) is 1. The molecule has 1 fully saturated rings. The second-order valence-electron chi connectivity index (χ2n) is 3.68.